The average molecular weight is 424 g/mol. The molecule has 0 saturated heterocycles. The number of carbonyl (C=O) groups is 3. The summed E-state index contributed by atoms with van der Waals surface area (Å²) in [5, 5.41) is 13.8. The maximum atomic E-state index is 12.0. The average Bonchev–Trinajstić information content (AvgIpc) is 3.09. The summed E-state index contributed by atoms with van der Waals surface area (Å²) in [5.41, 5.74) is 4.56. The molecule has 0 radical (unpaired) electrons. The molecule has 1 unspecified atom stereocenters. The third kappa shape index (κ3) is 5.49. The van der Waals surface area contributed by atoms with Gasteiger partial charge in [-0.15, -0.1) is 0 Å². The molecule has 0 spiro atoms. The van der Waals surface area contributed by atoms with Crippen molar-refractivity contribution >= 4 is 18.0 Å². The number of fused-ring (bicyclic) bond motifs is 3. The first-order chi connectivity index (χ1) is 15.0. The highest BCUT2D eigenvalue weighted by atomic mass is 16.5. The molecule has 0 aromatic heterocycles. The van der Waals surface area contributed by atoms with Crippen LogP contribution in [0.25, 0.3) is 11.1 Å². The maximum absolute atomic E-state index is 12.0. The molecule has 2 aromatic carbocycles. The fourth-order valence-corrected chi connectivity index (χ4v) is 3.48. The fraction of sp³-hybridized carbons (Fsp3) is 0.261. The summed E-state index contributed by atoms with van der Waals surface area (Å²) >= 11 is 0. The smallest absolute Gasteiger partial charge is 0.407 e. The van der Waals surface area contributed by atoms with E-state index < -0.39 is 24.1 Å². The van der Waals surface area contributed by atoms with E-state index in [0.717, 1.165) is 22.3 Å². The van der Waals surface area contributed by atoms with Gasteiger partial charge < -0.3 is 25.2 Å². The van der Waals surface area contributed by atoms with Crippen LogP contribution in [0.15, 0.2) is 60.7 Å². The lowest BCUT2D eigenvalue weighted by Crippen LogP contribution is -2.37. The zero-order chi connectivity index (χ0) is 22.2. The van der Waals surface area contributed by atoms with Crippen molar-refractivity contribution in [1.82, 2.24) is 10.6 Å². The second-order valence-electron chi connectivity index (χ2n) is 6.92. The Kier molecular flexibility index (Phi) is 7.40. The van der Waals surface area contributed by atoms with Crippen LogP contribution >= 0.6 is 0 Å². The first kappa shape index (κ1) is 22.0. The Morgan fingerprint density at radius 2 is 1.65 bits per heavy atom. The highest BCUT2D eigenvalue weighted by Crippen LogP contribution is 2.44. The van der Waals surface area contributed by atoms with E-state index in [1.807, 2.05) is 36.4 Å². The Morgan fingerprint density at radius 3 is 2.23 bits per heavy atom. The minimum absolute atomic E-state index is 0.0255. The number of alkyl carbamates (subject to hydrolysis) is 1. The number of carboxylic acid groups (broad SMARTS) is 1. The summed E-state index contributed by atoms with van der Waals surface area (Å²) in [6.07, 6.45) is 0.950. The minimum Gasteiger partial charge on any atom is -0.479 e. The summed E-state index contributed by atoms with van der Waals surface area (Å²) in [7, 11) is 1.25. The number of amides is 2. The second-order valence-corrected chi connectivity index (χ2v) is 6.92. The molecule has 2 aromatic rings. The summed E-state index contributed by atoms with van der Waals surface area (Å²) in [6.45, 7) is 0.142. The molecular weight excluding hydrogens is 400 g/mol. The molecule has 1 aliphatic rings. The number of hydrogen-bond donors (Lipinski definition) is 3. The Morgan fingerprint density at radius 1 is 1.03 bits per heavy atom. The summed E-state index contributed by atoms with van der Waals surface area (Å²) in [5.74, 6) is -1.68. The van der Waals surface area contributed by atoms with E-state index in [-0.39, 0.29) is 25.6 Å². The van der Waals surface area contributed by atoms with Crippen LogP contribution in [0.2, 0.25) is 0 Å². The second kappa shape index (κ2) is 10.4. The van der Waals surface area contributed by atoms with Crippen LogP contribution < -0.4 is 10.6 Å². The monoisotopic (exact) mass is 424 g/mol. The quantitative estimate of drug-likeness (QED) is 0.532. The van der Waals surface area contributed by atoms with Gasteiger partial charge in [0.2, 0.25) is 5.91 Å². The van der Waals surface area contributed by atoms with E-state index in [1.54, 1.807) is 0 Å². The normalized spacial score (nSPS) is 13.3. The fourth-order valence-electron chi connectivity index (χ4n) is 3.48. The Bertz CT molecular complexity index is 942. The van der Waals surface area contributed by atoms with Gasteiger partial charge in [0.05, 0.1) is 6.54 Å². The van der Waals surface area contributed by atoms with E-state index in [9.17, 15) is 14.4 Å². The van der Waals surface area contributed by atoms with E-state index in [4.69, 9.17) is 14.6 Å². The van der Waals surface area contributed by atoms with Gasteiger partial charge in [0.25, 0.3) is 0 Å². The number of methoxy groups -OCH3 is 1. The molecule has 0 heterocycles. The molecular formula is C23H24N2O6. The van der Waals surface area contributed by atoms with Gasteiger partial charge in [-0.2, -0.15) is 0 Å². The minimum atomic E-state index is -1.16. The van der Waals surface area contributed by atoms with Crippen LogP contribution in [-0.2, 0) is 19.1 Å². The van der Waals surface area contributed by atoms with Crippen LogP contribution in [0.1, 0.15) is 17.0 Å². The summed E-state index contributed by atoms with van der Waals surface area (Å²) in [6, 6.07) is 16.1. The van der Waals surface area contributed by atoms with Crippen molar-refractivity contribution < 1.29 is 29.0 Å². The predicted molar refractivity (Wildman–Crippen MR) is 114 cm³/mol. The number of aliphatic carboxylic acids is 1. The number of carbonyl (C=O) groups excluding carboxylic acids is 2. The van der Waals surface area contributed by atoms with E-state index in [0.29, 0.717) is 0 Å². The molecule has 1 aliphatic carbocycles. The molecule has 0 fully saturated rings. The molecule has 31 heavy (non-hydrogen) atoms. The number of rotatable bonds is 9. The zero-order valence-electron chi connectivity index (χ0n) is 17.0. The zero-order valence-corrected chi connectivity index (χ0v) is 17.0. The lowest BCUT2D eigenvalue weighted by atomic mass is 9.98. The van der Waals surface area contributed by atoms with Crippen LogP contribution in [0.3, 0.4) is 0 Å². The number of nitrogens with one attached hydrogen (secondary N) is 2. The number of ether oxygens (including phenoxy) is 2. The SMILES string of the molecule is COC(CNC(=O)/C=C/CNC(=O)OCC1c2ccccc2-c2ccccc21)C(=O)O. The third-order valence-electron chi connectivity index (χ3n) is 5.00. The van der Waals surface area contributed by atoms with Crippen molar-refractivity contribution in [3.05, 3.63) is 71.8 Å². The van der Waals surface area contributed by atoms with Crippen molar-refractivity contribution in [3.63, 3.8) is 0 Å². The van der Waals surface area contributed by atoms with E-state index in [1.165, 1.54) is 19.3 Å². The standard InChI is InChI=1S/C23H24N2O6/c1-30-20(22(27)28)13-25-21(26)11-6-12-24-23(29)31-14-19-17-9-4-2-7-15(17)16-8-3-5-10-18(16)19/h2-11,19-20H,12-14H2,1H3,(H,24,29)(H,25,26)(H,27,28)/b11-6+. The highest BCUT2D eigenvalue weighted by Gasteiger charge is 2.28. The number of carboxylic acids is 1. The van der Waals surface area contributed by atoms with Crippen LogP contribution in [0.5, 0.6) is 0 Å². The lowest BCUT2D eigenvalue weighted by Gasteiger charge is -2.14. The summed E-state index contributed by atoms with van der Waals surface area (Å²) < 4.78 is 10.1. The van der Waals surface area contributed by atoms with Crippen LogP contribution in [-0.4, -0.2) is 56.0 Å². The molecule has 0 saturated carbocycles. The molecule has 2 amide bonds. The first-order valence-electron chi connectivity index (χ1n) is 9.80. The van der Waals surface area contributed by atoms with Crippen molar-refractivity contribution in [2.75, 3.05) is 26.8 Å². The molecule has 8 nitrogen and oxygen atoms in total. The third-order valence-corrected chi connectivity index (χ3v) is 5.00. The molecule has 3 rings (SSSR count). The molecule has 8 heteroatoms. The highest BCUT2D eigenvalue weighted by molar-refractivity contribution is 5.88. The molecule has 0 aliphatic heterocycles. The molecule has 1 atom stereocenters. The number of benzene rings is 2. The molecule has 0 bridgehead atoms. The summed E-state index contributed by atoms with van der Waals surface area (Å²) in [4.78, 5) is 34.5. The van der Waals surface area contributed by atoms with Crippen molar-refractivity contribution in [2.24, 2.45) is 0 Å². The molecule has 162 valence electrons. The van der Waals surface area contributed by atoms with Crippen molar-refractivity contribution in [3.8, 4) is 11.1 Å². The van der Waals surface area contributed by atoms with Crippen LogP contribution in [0, 0.1) is 0 Å². The van der Waals surface area contributed by atoms with E-state index >= 15 is 0 Å². The van der Waals surface area contributed by atoms with Gasteiger partial charge in [-0.25, -0.2) is 9.59 Å². The topological polar surface area (TPSA) is 114 Å². The molecule has 3 N–H and O–H groups in total. The predicted octanol–water partition coefficient (Wildman–Crippen LogP) is 2.30. The van der Waals surface area contributed by atoms with E-state index in [2.05, 4.69) is 22.8 Å². The Hall–Kier alpha value is -3.65. The Balaban J connectivity index is 1.44. The van der Waals surface area contributed by atoms with Gasteiger partial charge in [0, 0.05) is 25.6 Å². The van der Waals surface area contributed by atoms with Gasteiger partial charge >= 0.3 is 12.1 Å². The van der Waals surface area contributed by atoms with Gasteiger partial charge in [-0.05, 0) is 22.3 Å². The first-order valence-corrected chi connectivity index (χ1v) is 9.80. The largest absolute Gasteiger partial charge is 0.479 e. The van der Waals surface area contributed by atoms with Crippen LogP contribution in [0.4, 0.5) is 4.79 Å². The lowest BCUT2D eigenvalue weighted by molar-refractivity contribution is -0.148. The van der Waals surface area contributed by atoms with Gasteiger partial charge in [0.1, 0.15) is 6.61 Å². The number of hydrogen-bond acceptors (Lipinski definition) is 5. The van der Waals surface area contributed by atoms with Gasteiger partial charge in [-0.3, -0.25) is 4.79 Å². The van der Waals surface area contributed by atoms with Gasteiger partial charge in [0.15, 0.2) is 6.10 Å². The van der Waals surface area contributed by atoms with Crippen molar-refractivity contribution in [1.29, 1.82) is 0 Å². The Labute approximate surface area is 179 Å². The maximum Gasteiger partial charge on any atom is 0.407 e. The van der Waals surface area contributed by atoms with Gasteiger partial charge in [-0.1, -0.05) is 54.6 Å². The van der Waals surface area contributed by atoms with Crippen molar-refractivity contribution in [2.45, 2.75) is 12.0 Å².